The largest absolute Gasteiger partial charge is 0.481 e. The molecule has 1 N–H and O–H groups in total. The molecule has 0 bridgehead atoms. The number of thiol groups is 1. The maximum atomic E-state index is 13.2. The molecule has 3 unspecified atom stereocenters. The van der Waals surface area contributed by atoms with Crippen LogP contribution in [0.15, 0.2) is 4.52 Å². The lowest BCUT2D eigenvalue weighted by Gasteiger charge is -2.56. The zero-order valence-electron chi connectivity index (χ0n) is 17.6. The van der Waals surface area contributed by atoms with Gasteiger partial charge in [-0.15, -0.1) is 33.3 Å². The molecule has 11 nitrogen and oxygen atoms in total. The normalized spacial score (nSPS) is 25.8. The standard InChI is InChI=1S/C18H22N6O5S3/c1-4-9-19-17(29-22-9)24(10(25)5-2)11-14(26)23-6-18(16(27)28,7-31-15(11)23)12(30)13-21-20-8(3)32-13/h11-12,15,30H,4-7H2,1-3H3,(H,27,28)/t11?,12?,15-,18?/m1/s1. The van der Waals surface area contributed by atoms with E-state index < -0.39 is 28.0 Å². The van der Waals surface area contributed by atoms with Crippen molar-refractivity contribution < 1.29 is 24.0 Å². The van der Waals surface area contributed by atoms with E-state index in [0.29, 0.717) is 22.3 Å². The number of carbonyl (C=O) groups excluding carboxylic acids is 2. The second kappa shape index (κ2) is 8.63. The predicted octanol–water partition coefficient (Wildman–Crippen LogP) is 1.56. The average Bonchev–Trinajstić information content (AvgIpc) is 3.44. The predicted molar refractivity (Wildman–Crippen MR) is 120 cm³/mol. The van der Waals surface area contributed by atoms with E-state index in [2.05, 4.69) is 33.0 Å². The number of carboxylic acid groups (broad SMARTS) is 1. The first-order valence-corrected chi connectivity index (χ1v) is 12.4. The molecule has 0 aliphatic carbocycles. The van der Waals surface area contributed by atoms with Crippen molar-refractivity contribution in [2.45, 2.75) is 50.3 Å². The van der Waals surface area contributed by atoms with Gasteiger partial charge < -0.3 is 14.5 Å². The summed E-state index contributed by atoms with van der Waals surface area (Å²) in [5, 5.41) is 22.0. The van der Waals surface area contributed by atoms with Crippen LogP contribution in [0.25, 0.3) is 0 Å². The van der Waals surface area contributed by atoms with Gasteiger partial charge in [0, 0.05) is 25.1 Å². The van der Waals surface area contributed by atoms with E-state index in [1.165, 1.54) is 32.9 Å². The van der Waals surface area contributed by atoms with Gasteiger partial charge in [0.05, 0.1) is 5.25 Å². The summed E-state index contributed by atoms with van der Waals surface area (Å²) in [6.45, 7) is 5.28. The van der Waals surface area contributed by atoms with Crippen molar-refractivity contribution in [3.8, 4) is 0 Å². The molecule has 0 aromatic carbocycles. The van der Waals surface area contributed by atoms with Gasteiger partial charge in [0.15, 0.2) is 5.82 Å². The molecule has 2 aliphatic heterocycles. The van der Waals surface area contributed by atoms with Crippen LogP contribution in [0.3, 0.4) is 0 Å². The van der Waals surface area contributed by atoms with Crippen molar-refractivity contribution >= 4 is 59.5 Å². The van der Waals surface area contributed by atoms with E-state index >= 15 is 0 Å². The highest BCUT2D eigenvalue weighted by Crippen LogP contribution is 2.51. The first-order valence-electron chi connectivity index (χ1n) is 10.0. The molecule has 4 atom stereocenters. The zero-order chi connectivity index (χ0) is 23.2. The molecular formula is C18H22N6O5S3. The molecule has 4 heterocycles. The van der Waals surface area contributed by atoms with Crippen LogP contribution in [0.5, 0.6) is 0 Å². The highest BCUT2D eigenvalue weighted by Gasteiger charge is 2.62. The lowest BCUT2D eigenvalue weighted by atomic mass is 9.83. The third-order valence-electron chi connectivity index (χ3n) is 5.63. The number of carboxylic acids is 1. The first-order chi connectivity index (χ1) is 15.2. The smallest absolute Gasteiger partial charge is 0.331 e. The molecule has 0 saturated carbocycles. The van der Waals surface area contributed by atoms with E-state index in [1.807, 2.05) is 6.92 Å². The number of anilines is 1. The van der Waals surface area contributed by atoms with Crippen molar-refractivity contribution in [1.29, 1.82) is 0 Å². The van der Waals surface area contributed by atoms with Crippen molar-refractivity contribution in [2.24, 2.45) is 5.41 Å². The quantitative estimate of drug-likeness (QED) is 0.426. The number of thioether (sulfide) groups is 1. The summed E-state index contributed by atoms with van der Waals surface area (Å²) in [4.78, 5) is 45.2. The summed E-state index contributed by atoms with van der Waals surface area (Å²) in [6.07, 6.45) is 0.676. The van der Waals surface area contributed by atoms with E-state index in [0.717, 1.165) is 0 Å². The molecule has 2 saturated heterocycles. The van der Waals surface area contributed by atoms with Gasteiger partial charge in [-0.05, 0) is 6.92 Å². The number of hydrogen-bond donors (Lipinski definition) is 2. The first kappa shape index (κ1) is 23.0. The van der Waals surface area contributed by atoms with Gasteiger partial charge in [-0.1, -0.05) is 19.0 Å². The molecule has 14 heteroatoms. The third kappa shape index (κ3) is 3.57. The van der Waals surface area contributed by atoms with Crippen LogP contribution in [0.1, 0.15) is 41.4 Å². The minimum absolute atomic E-state index is 0.0150. The third-order valence-corrected chi connectivity index (χ3v) is 8.98. The molecule has 0 spiro atoms. The second-order valence-electron chi connectivity index (χ2n) is 7.60. The Morgan fingerprint density at radius 3 is 2.72 bits per heavy atom. The van der Waals surface area contributed by atoms with Gasteiger partial charge in [-0.3, -0.25) is 14.4 Å². The van der Waals surface area contributed by atoms with E-state index in [4.69, 9.17) is 4.52 Å². The Morgan fingerprint density at radius 1 is 1.41 bits per heavy atom. The molecule has 2 aromatic heterocycles. The number of amides is 2. The van der Waals surface area contributed by atoms with Gasteiger partial charge in [0.2, 0.25) is 11.8 Å². The Morgan fingerprint density at radius 2 is 2.16 bits per heavy atom. The van der Waals surface area contributed by atoms with Crippen LogP contribution >= 0.6 is 35.7 Å². The fourth-order valence-electron chi connectivity index (χ4n) is 3.78. The van der Waals surface area contributed by atoms with Crippen LogP contribution in [-0.4, -0.2) is 71.8 Å². The molecule has 2 aliphatic rings. The lowest BCUT2D eigenvalue weighted by molar-refractivity contribution is -0.157. The number of aliphatic carboxylic acids is 1. The Bertz CT molecular complexity index is 1060. The number of aryl methyl sites for hydroxylation is 2. The number of β-lactam (4-membered cyclic amide) rings is 1. The number of aromatic nitrogens is 4. The summed E-state index contributed by atoms with van der Waals surface area (Å²) < 4.78 is 5.25. The highest BCUT2D eigenvalue weighted by atomic mass is 32.2. The topological polar surface area (TPSA) is 143 Å². The van der Waals surface area contributed by atoms with Gasteiger partial charge >= 0.3 is 12.0 Å². The van der Waals surface area contributed by atoms with Gasteiger partial charge in [-0.2, -0.15) is 17.6 Å². The average molecular weight is 499 g/mol. The maximum Gasteiger partial charge on any atom is 0.331 e. The Kier molecular flexibility index (Phi) is 6.20. The van der Waals surface area contributed by atoms with E-state index in [-0.39, 0.29) is 36.5 Å². The molecule has 2 amide bonds. The molecule has 4 rings (SSSR count). The molecule has 32 heavy (non-hydrogen) atoms. The van der Waals surface area contributed by atoms with E-state index in [9.17, 15) is 19.5 Å². The van der Waals surface area contributed by atoms with E-state index in [1.54, 1.807) is 13.8 Å². The van der Waals surface area contributed by atoms with Gasteiger partial charge in [0.1, 0.15) is 26.8 Å². The summed E-state index contributed by atoms with van der Waals surface area (Å²) >= 11 is 7.17. The molecule has 2 fully saturated rings. The summed E-state index contributed by atoms with van der Waals surface area (Å²) in [6, 6.07) is -0.842. The molecule has 0 radical (unpaired) electrons. The van der Waals surface area contributed by atoms with Crippen molar-refractivity contribution in [3.63, 3.8) is 0 Å². The van der Waals surface area contributed by atoms with Crippen LogP contribution in [0.4, 0.5) is 6.01 Å². The van der Waals surface area contributed by atoms with Crippen molar-refractivity contribution in [2.75, 3.05) is 17.2 Å². The van der Waals surface area contributed by atoms with Crippen LogP contribution in [-0.2, 0) is 20.8 Å². The fourth-order valence-corrected chi connectivity index (χ4v) is 6.83. The maximum absolute atomic E-state index is 13.2. The summed E-state index contributed by atoms with van der Waals surface area (Å²) in [5.41, 5.74) is -1.34. The summed E-state index contributed by atoms with van der Waals surface area (Å²) in [5.74, 6) is -1.11. The fraction of sp³-hybridized carbons (Fsp3) is 0.611. The summed E-state index contributed by atoms with van der Waals surface area (Å²) in [7, 11) is 0. The number of fused-ring (bicyclic) bond motifs is 1. The SMILES string of the molecule is CCC(=O)N(c1nc(CC)no1)C1C(=O)N2CC(C(=O)O)(C(S)c3nnc(C)s3)CS[C@H]12. The zero-order valence-corrected chi connectivity index (χ0v) is 20.1. The highest BCUT2D eigenvalue weighted by molar-refractivity contribution is 8.00. The van der Waals surface area contributed by atoms with Gasteiger partial charge in [0.25, 0.3) is 0 Å². The Balaban J connectivity index is 1.60. The van der Waals surface area contributed by atoms with Crippen LogP contribution in [0.2, 0.25) is 0 Å². The van der Waals surface area contributed by atoms with Gasteiger partial charge in [-0.25, -0.2) is 4.90 Å². The Hall–Kier alpha value is -2.19. The molecule has 172 valence electrons. The van der Waals surface area contributed by atoms with Crippen molar-refractivity contribution in [1.82, 2.24) is 25.2 Å². The van der Waals surface area contributed by atoms with Crippen LogP contribution < -0.4 is 4.90 Å². The number of hydrogen-bond acceptors (Lipinski definition) is 11. The lowest BCUT2D eigenvalue weighted by Crippen LogP contribution is -2.75. The minimum atomic E-state index is -1.34. The second-order valence-corrected chi connectivity index (χ2v) is 10.4. The van der Waals surface area contributed by atoms with Crippen LogP contribution in [0, 0.1) is 12.3 Å². The molecule has 2 aromatic rings. The number of nitrogens with zero attached hydrogens (tertiary/aromatic N) is 6. The monoisotopic (exact) mass is 498 g/mol. The molecular weight excluding hydrogens is 476 g/mol. The number of rotatable bonds is 7. The Labute approximate surface area is 197 Å². The number of carbonyl (C=O) groups is 3. The minimum Gasteiger partial charge on any atom is -0.481 e. The van der Waals surface area contributed by atoms with Crippen molar-refractivity contribution in [3.05, 3.63) is 15.8 Å².